The van der Waals surface area contributed by atoms with Gasteiger partial charge in [0.1, 0.15) is 0 Å². The highest BCUT2D eigenvalue weighted by Gasteiger charge is 2.18. The maximum Gasteiger partial charge on any atom is 0.240 e. The van der Waals surface area contributed by atoms with E-state index in [1.165, 1.54) is 0 Å². The Morgan fingerprint density at radius 1 is 0.857 bits per heavy atom. The topological polar surface area (TPSA) is 63.2 Å². The lowest BCUT2D eigenvalue weighted by molar-refractivity contribution is 0.103. The summed E-state index contributed by atoms with van der Waals surface area (Å²) in [5, 5.41) is 0. The van der Waals surface area contributed by atoms with Crippen LogP contribution in [0.2, 0.25) is 0 Å². The molecule has 0 radical (unpaired) electrons. The van der Waals surface area contributed by atoms with Crippen molar-refractivity contribution in [1.82, 2.24) is 4.72 Å². The second-order valence-corrected chi connectivity index (χ2v) is 8.18. The number of carbonyl (C=O) groups is 1. The van der Waals surface area contributed by atoms with E-state index < -0.39 is 10.0 Å². The van der Waals surface area contributed by atoms with Gasteiger partial charge >= 0.3 is 0 Å². The Bertz CT molecular complexity index is 1070. The Balaban J connectivity index is 1.88. The molecule has 142 valence electrons. The van der Waals surface area contributed by atoms with E-state index in [4.69, 9.17) is 0 Å². The second-order valence-electron chi connectivity index (χ2n) is 6.41. The lowest BCUT2D eigenvalue weighted by Gasteiger charge is -2.10. The van der Waals surface area contributed by atoms with Gasteiger partial charge in [-0.2, -0.15) is 0 Å². The average Bonchev–Trinajstić information content (AvgIpc) is 2.72. The van der Waals surface area contributed by atoms with E-state index in [9.17, 15) is 13.2 Å². The summed E-state index contributed by atoms with van der Waals surface area (Å²) in [6.07, 6.45) is 1.72. The van der Waals surface area contributed by atoms with Crippen LogP contribution >= 0.6 is 0 Å². The minimum absolute atomic E-state index is 0.0984. The Morgan fingerprint density at radius 2 is 1.43 bits per heavy atom. The first-order chi connectivity index (χ1) is 13.5. The van der Waals surface area contributed by atoms with Gasteiger partial charge in [0, 0.05) is 17.7 Å². The summed E-state index contributed by atoms with van der Waals surface area (Å²) in [5.74, 6) is -0.212. The Kier molecular flexibility index (Phi) is 6.19. The molecule has 5 heteroatoms. The molecule has 28 heavy (non-hydrogen) atoms. The minimum Gasteiger partial charge on any atom is -0.289 e. The zero-order valence-corrected chi connectivity index (χ0v) is 16.3. The molecule has 0 aliphatic rings. The van der Waals surface area contributed by atoms with Crippen LogP contribution in [0.5, 0.6) is 0 Å². The third-order valence-electron chi connectivity index (χ3n) is 4.25. The molecule has 0 aromatic heterocycles. The first-order valence-corrected chi connectivity index (χ1v) is 10.4. The third-order valence-corrected chi connectivity index (χ3v) is 5.67. The number of aryl methyl sites for hydroxylation is 1. The van der Waals surface area contributed by atoms with Crippen LogP contribution in [0.15, 0.2) is 95.4 Å². The number of hydrogen-bond donors (Lipinski definition) is 1. The quantitative estimate of drug-likeness (QED) is 0.484. The average molecular weight is 391 g/mol. The highest BCUT2D eigenvalue weighted by Crippen LogP contribution is 2.15. The molecule has 0 spiro atoms. The van der Waals surface area contributed by atoms with E-state index >= 15 is 0 Å². The smallest absolute Gasteiger partial charge is 0.240 e. The lowest BCUT2D eigenvalue weighted by Crippen LogP contribution is -2.28. The van der Waals surface area contributed by atoms with Gasteiger partial charge in [-0.05, 0) is 30.7 Å². The van der Waals surface area contributed by atoms with Gasteiger partial charge in [-0.3, -0.25) is 4.79 Å². The molecule has 0 saturated heterocycles. The fourth-order valence-corrected chi connectivity index (χ4v) is 3.70. The van der Waals surface area contributed by atoms with Crippen molar-refractivity contribution in [3.05, 3.63) is 107 Å². The zero-order chi connectivity index (χ0) is 20.0. The number of benzene rings is 3. The van der Waals surface area contributed by atoms with E-state index in [0.29, 0.717) is 11.1 Å². The molecule has 3 rings (SSSR count). The maximum atomic E-state index is 12.9. The van der Waals surface area contributed by atoms with Gasteiger partial charge in [-0.1, -0.05) is 78.4 Å². The highest BCUT2D eigenvalue weighted by molar-refractivity contribution is 7.89. The largest absolute Gasteiger partial charge is 0.289 e. The monoisotopic (exact) mass is 391 g/mol. The van der Waals surface area contributed by atoms with Gasteiger partial charge in [0.15, 0.2) is 5.78 Å². The summed E-state index contributed by atoms with van der Waals surface area (Å²) < 4.78 is 27.8. The highest BCUT2D eigenvalue weighted by atomic mass is 32.2. The van der Waals surface area contributed by atoms with Crippen LogP contribution in [0.4, 0.5) is 0 Å². The maximum absolute atomic E-state index is 12.9. The fraction of sp³-hybridized carbons (Fsp3) is 0.0870. The fourth-order valence-electron chi connectivity index (χ4n) is 2.70. The molecule has 0 aliphatic heterocycles. The number of Topliss-reactive ketones (excluding diaryl/α,β-unsaturated/α-hetero) is 1. The summed E-state index contributed by atoms with van der Waals surface area (Å²) in [6, 6.07) is 24.8. The Labute approximate surface area is 165 Å². The van der Waals surface area contributed by atoms with Crippen molar-refractivity contribution in [1.29, 1.82) is 0 Å². The van der Waals surface area contributed by atoms with Gasteiger partial charge in [-0.15, -0.1) is 0 Å². The van der Waals surface area contributed by atoms with E-state index in [0.717, 1.165) is 11.1 Å². The van der Waals surface area contributed by atoms with Crippen LogP contribution in [-0.4, -0.2) is 20.7 Å². The lowest BCUT2D eigenvalue weighted by atomic mass is 10.0. The molecular weight excluding hydrogens is 370 g/mol. The predicted octanol–water partition coefficient (Wildman–Crippen LogP) is 4.24. The molecule has 0 heterocycles. The molecule has 0 atom stereocenters. The molecule has 3 aromatic carbocycles. The molecule has 0 amide bonds. The van der Waals surface area contributed by atoms with Gasteiger partial charge in [0.2, 0.25) is 10.0 Å². The molecule has 0 fully saturated rings. The molecule has 0 unspecified atom stereocenters. The number of ketones is 1. The number of nitrogens with one attached hydrogen (secondary N) is 1. The molecule has 0 aliphatic carbocycles. The zero-order valence-electron chi connectivity index (χ0n) is 15.5. The minimum atomic E-state index is -3.72. The summed E-state index contributed by atoms with van der Waals surface area (Å²) in [6.45, 7) is 1.79. The van der Waals surface area contributed by atoms with Gasteiger partial charge < -0.3 is 0 Å². The second kappa shape index (κ2) is 8.78. The Hall–Kier alpha value is -3.02. The molecule has 1 N–H and O–H groups in total. The summed E-state index contributed by atoms with van der Waals surface area (Å²) in [5.41, 5.74) is 2.69. The van der Waals surface area contributed by atoms with E-state index in [1.807, 2.05) is 43.3 Å². The molecule has 3 aromatic rings. The molecule has 0 bridgehead atoms. The van der Waals surface area contributed by atoms with Crippen LogP contribution in [-0.2, 0) is 10.0 Å². The summed E-state index contributed by atoms with van der Waals surface area (Å²) in [4.78, 5) is 13.1. The standard InChI is InChI=1S/C23H21NO3S/c1-18-12-14-22(15-13-18)28(26,27)24-17-21(16-19-8-4-2-5-9-19)23(25)20-10-6-3-7-11-20/h2-16,24H,17H2,1H3/b21-16+. The van der Waals surface area contributed by atoms with E-state index in [1.54, 1.807) is 54.6 Å². The third kappa shape index (κ3) is 5.03. The number of rotatable bonds is 7. The summed E-state index contributed by atoms with van der Waals surface area (Å²) >= 11 is 0. The van der Waals surface area contributed by atoms with Gasteiger partial charge in [0.05, 0.1) is 4.90 Å². The van der Waals surface area contributed by atoms with Crippen LogP contribution in [0.25, 0.3) is 6.08 Å². The van der Waals surface area contributed by atoms with Crippen LogP contribution < -0.4 is 4.72 Å². The normalized spacial score (nSPS) is 12.0. The first-order valence-electron chi connectivity index (χ1n) is 8.87. The number of sulfonamides is 1. The van der Waals surface area contributed by atoms with E-state index in [2.05, 4.69) is 4.72 Å². The van der Waals surface area contributed by atoms with Crippen molar-refractivity contribution < 1.29 is 13.2 Å². The number of hydrogen-bond acceptors (Lipinski definition) is 3. The predicted molar refractivity (Wildman–Crippen MR) is 112 cm³/mol. The van der Waals surface area contributed by atoms with Crippen molar-refractivity contribution in [3.8, 4) is 0 Å². The van der Waals surface area contributed by atoms with Gasteiger partial charge in [-0.25, -0.2) is 13.1 Å². The molecule has 4 nitrogen and oxygen atoms in total. The van der Waals surface area contributed by atoms with Crippen LogP contribution in [0.1, 0.15) is 21.5 Å². The van der Waals surface area contributed by atoms with Crippen molar-refractivity contribution in [2.45, 2.75) is 11.8 Å². The number of carbonyl (C=O) groups excluding carboxylic acids is 1. The van der Waals surface area contributed by atoms with Crippen molar-refractivity contribution in [3.63, 3.8) is 0 Å². The first kappa shape index (κ1) is 19.7. The van der Waals surface area contributed by atoms with Gasteiger partial charge in [0.25, 0.3) is 0 Å². The SMILES string of the molecule is Cc1ccc(S(=O)(=O)NC/C(=C\c2ccccc2)C(=O)c2ccccc2)cc1. The van der Waals surface area contributed by atoms with Crippen molar-refractivity contribution in [2.24, 2.45) is 0 Å². The molecular formula is C23H21NO3S. The van der Waals surface area contributed by atoms with Crippen LogP contribution in [0.3, 0.4) is 0 Å². The molecule has 0 saturated carbocycles. The van der Waals surface area contributed by atoms with Crippen molar-refractivity contribution >= 4 is 21.9 Å². The van der Waals surface area contributed by atoms with Crippen LogP contribution in [0, 0.1) is 6.92 Å². The Morgan fingerprint density at radius 3 is 2.04 bits per heavy atom. The van der Waals surface area contributed by atoms with E-state index in [-0.39, 0.29) is 17.2 Å². The summed E-state index contributed by atoms with van der Waals surface area (Å²) in [7, 11) is -3.72. The van der Waals surface area contributed by atoms with Crippen molar-refractivity contribution in [2.75, 3.05) is 6.54 Å².